The first kappa shape index (κ1) is 31.7. The zero-order valence-corrected chi connectivity index (χ0v) is 26.3. The van der Waals surface area contributed by atoms with Gasteiger partial charge in [-0.15, -0.1) is 0 Å². The first-order valence-corrected chi connectivity index (χ1v) is 16.6. The smallest absolute Gasteiger partial charge is 0.247 e. The van der Waals surface area contributed by atoms with Gasteiger partial charge in [-0.3, -0.25) is 9.59 Å². The van der Waals surface area contributed by atoms with Gasteiger partial charge in [-0.1, -0.05) is 89.9 Å². The number of nitrogens with zero attached hydrogens (tertiary/aromatic N) is 1. The van der Waals surface area contributed by atoms with E-state index in [0.29, 0.717) is 22.0 Å². The van der Waals surface area contributed by atoms with Crippen LogP contribution in [-0.2, 0) is 39.1 Å². The fourth-order valence-corrected chi connectivity index (χ4v) is 6.38. The summed E-state index contributed by atoms with van der Waals surface area (Å²) in [6.07, 6.45) is 2.21. The zero-order chi connectivity index (χ0) is 31.1. The molecule has 1 atom stereocenters. The summed E-state index contributed by atoms with van der Waals surface area (Å²) in [4.78, 5) is 29.6. The SMILES string of the molecule is O=C(NCc1ccc(Cl)cc1)C(c1ccccc1)N(Cc1ccc(Cl)cc1)C(=O)CCc1ccc(S(=O)(=O)NC2CC2)cc1. The van der Waals surface area contributed by atoms with Crippen LogP contribution < -0.4 is 10.0 Å². The molecule has 2 N–H and O–H groups in total. The first-order valence-electron chi connectivity index (χ1n) is 14.4. The van der Waals surface area contributed by atoms with Gasteiger partial charge in [0.15, 0.2) is 0 Å². The van der Waals surface area contributed by atoms with Gasteiger partial charge in [0.1, 0.15) is 6.04 Å². The van der Waals surface area contributed by atoms with Crippen LogP contribution in [0.25, 0.3) is 0 Å². The Morgan fingerprint density at radius 2 is 1.34 bits per heavy atom. The molecule has 10 heteroatoms. The molecule has 0 aliphatic heterocycles. The van der Waals surface area contributed by atoms with Gasteiger partial charge in [0, 0.05) is 35.6 Å². The Morgan fingerprint density at radius 1 is 0.773 bits per heavy atom. The number of amides is 2. The second kappa shape index (κ2) is 14.4. The monoisotopic (exact) mass is 649 g/mol. The molecule has 1 aliphatic rings. The number of sulfonamides is 1. The minimum Gasteiger partial charge on any atom is -0.350 e. The van der Waals surface area contributed by atoms with Crippen LogP contribution in [0.15, 0.2) is 108 Å². The van der Waals surface area contributed by atoms with Crippen LogP contribution in [0.2, 0.25) is 10.0 Å². The molecule has 0 bridgehead atoms. The fourth-order valence-electron chi connectivity index (χ4n) is 4.83. The number of rotatable bonds is 13. The normalized spacial score (nSPS) is 13.7. The number of carbonyl (C=O) groups excluding carboxylic acids is 2. The molecule has 4 aromatic carbocycles. The number of carbonyl (C=O) groups is 2. The summed E-state index contributed by atoms with van der Waals surface area (Å²) in [5, 5.41) is 4.18. The third-order valence-corrected chi connectivity index (χ3v) is 9.44. The van der Waals surface area contributed by atoms with Gasteiger partial charge in [-0.2, -0.15) is 0 Å². The maximum Gasteiger partial charge on any atom is 0.247 e. The Balaban J connectivity index is 1.37. The molecule has 5 rings (SSSR count). The number of halogens is 2. The zero-order valence-electron chi connectivity index (χ0n) is 24.0. The molecule has 0 spiro atoms. The molecule has 7 nitrogen and oxygen atoms in total. The predicted molar refractivity (Wildman–Crippen MR) is 173 cm³/mol. The van der Waals surface area contributed by atoms with E-state index in [1.165, 1.54) is 0 Å². The molecule has 1 fully saturated rings. The van der Waals surface area contributed by atoms with Crippen molar-refractivity contribution in [3.05, 3.63) is 135 Å². The van der Waals surface area contributed by atoms with Crippen molar-refractivity contribution < 1.29 is 18.0 Å². The minimum atomic E-state index is -3.56. The van der Waals surface area contributed by atoms with Crippen molar-refractivity contribution in [2.24, 2.45) is 0 Å². The summed E-state index contributed by atoms with van der Waals surface area (Å²) in [6, 6.07) is 29.3. The van der Waals surface area contributed by atoms with E-state index < -0.39 is 16.1 Å². The second-order valence-corrected chi connectivity index (χ2v) is 13.4. The van der Waals surface area contributed by atoms with Crippen molar-refractivity contribution in [2.45, 2.75) is 55.8 Å². The Morgan fingerprint density at radius 3 is 1.93 bits per heavy atom. The molecular weight excluding hydrogens is 617 g/mol. The van der Waals surface area contributed by atoms with Gasteiger partial charge < -0.3 is 10.2 Å². The van der Waals surface area contributed by atoms with E-state index in [1.807, 2.05) is 54.6 Å². The highest BCUT2D eigenvalue weighted by atomic mass is 35.5. The fraction of sp³-hybridized carbons (Fsp3) is 0.235. The van der Waals surface area contributed by atoms with Crippen molar-refractivity contribution in [3.8, 4) is 0 Å². The number of benzene rings is 4. The summed E-state index contributed by atoms with van der Waals surface area (Å²) in [7, 11) is -3.56. The first-order chi connectivity index (χ1) is 21.2. The molecule has 0 saturated heterocycles. The predicted octanol–water partition coefficient (Wildman–Crippen LogP) is 6.45. The molecule has 0 aromatic heterocycles. The van der Waals surface area contributed by atoms with Gasteiger partial charge in [0.25, 0.3) is 0 Å². The quantitative estimate of drug-likeness (QED) is 0.174. The Labute approximate surface area is 268 Å². The summed E-state index contributed by atoms with van der Waals surface area (Å²) in [5.74, 6) is -0.534. The molecule has 1 saturated carbocycles. The lowest BCUT2D eigenvalue weighted by Gasteiger charge is -2.32. The molecule has 1 unspecified atom stereocenters. The van der Waals surface area contributed by atoms with Gasteiger partial charge in [-0.05, 0) is 77.9 Å². The molecule has 0 radical (unpaired) electrons. The third-order valence-electron chi connectivity index (χ3n) is 7.40. The van der Waals surface area contributed by atoms with Crippen LogP contribution in [0.5, 0.6) is 0 Å². The van der Waals surface area contributed by atoms with Crippen LogP contribution in [0.1, 0.15) is 47.6 Å². The van der Waals surface area contributed by atoms with E-state index in [4.69, 9.17) is 23.2 Å². The summed E-state index contributed by atoms with van der Waals surface area (Å²) < 4.78 is 27.8. The van der Waals surface area contributed by atoms with E-state index >= 15 is 0 Å². The van der Waals surface area contributed by atoms with Gasteiger partial charge >= 0.3 is 0 Å². The minimum absolute atomic E-state index is 0.0184. The highest BCUT2D eigenvalue weighted by molar-refractivity contribution is 7.89. The number of hydrogen-bond donors (Lipinski definition) is 2. The average Bonchev–Trinajstić information content (AvgIpc) is 3.84. The third kappa shape index (κ3) is 8.70. The van der Waals surface area contributed by atoms with Gasteiger partial charge in [0.05, 0.1) is 4.90 Å². The van der Waals surface area contributed by atoms with E-state index in [-0.39, 0.29) is 42.3 Å². The number of hydrogen-bond acceptors (Lipinski definition) is 4. The summed E-state index contributed by atoms with van der Waals surface area (Å²) >= 11 is 12.1. The molecule has 1 aliphatic carbocycles. The molecular formula is C34H33Cl2N3O4S. The molecule has 44 heavy (non-hydrogen) atoms. The summed E-state index contributed by atoms with van der Waals surface area (Å²) in [5.41, 5.74) is 3.20. The molecule has 228 valence electrons. The largest absolute Gasteiger partial charge is 0.350 e. The van der Waals surface area contributed by atoms with Gasteiger partial charge in [-0.25, -0.2) is 13.1 Å². The summed E-state index contributed by atoms with van der Waals surface area (Å²) in [6.45, 7) is 0.459. The number of nitrogens with one attached hydrogen (secondary N) is 2. The van der Waals surface area contributed by atoms with Crippen LogP contribution in [0.4, 0.5) is 0 Å². The van der Waals surface area contributed by atoms with Crippen LogP contribution in [0, 0.1) is 0 Å². The highest BCUT2D eigenvalue weighted by Crippen LogP contribution is 2.27. The Kier molecular flexibility index (Phi) is 10.4. The lowest BCUT2D eigenvalue weighted by atomic mass is 10.0. The van der Waals surface area contributed by atoms with Crippen LogP contribution in [-0.4, -0.2) is 31.2 Å². The Hall–Kier alpha value is -3.69. The van der Waals surface area contributed by atoms with Crippen molar-refractivity contribution >= 4 is 45.0 Å². The lowest BCUT2D eigenvalue weighted by molar-refractivity contribution is -0.141. The van der Waals surface area contributed by atoms with E-state index in [9.17, 15) is 18.0 Å². The second-order valence-electron chi connectivity index (χ2n) is 10.8. The molecule has 0 heterocycles. The number of aryl methyl sites for hydroxylation is 1. The molecule has 2 amide bonds. The van der Waals surface area contributed by atoms with Crippen molar-refractivity contribution in [1.29, 1.82) is 0 Å². The van der Waals surface area contributed by atoms with Crippen LogP contribution in [0.3, 0.4) is 0 Å². The average molecular weight is 651 g/mol. The van der Waals surface area contributed by atoms with E-state index in [0.717, 1.165) is 29.5 Å². The topological polar surface area (TPSA) is 95.6 Å². The van der Waals surface area contributed by atoms with Crippen LogP contribution >= 0.6 is 23.2 Å². The maximum atomic E-state index is 14.0. The van der Waals surface area contributed by atoms with Crippen molar-refractivity contribution in [1.82, 2.24) is 14.9 Å². The van der Waals surface area contributed by atoms with E-state index in [1.54, 1.807) is 53.4 Å². The Bertz CT molecular complexity index is 1680. The molecule has 4 aromatic rings. The lowest BCUT2D eigenvalue weighted by Crippen LogP contribution is -2.43. The van der Waals surface area contributed by atoms with Crippen molar-refractivity contribution in [3.63, 3.8) is 0 Å². The van der Waals surface area contributed by atoms with Crippen molar-refractivity contribution in [2.75, 3.05) is 0 Å². The maximum absolute atomic E-state index is 14.0. The van der Waals surface area contributed by atoms with Gasteiger partial charge in [0.2, 0.25) is 21.8 Å². The van der Waals surface area contributed by atoms with E-state index in [2.05, 4.69) is 10.0 Å². The standard InChI is InChI=1S/C34H33Cl2N3O4S/c35-28-13-6-25(7-14-28)22-37-34(41)33(27-4-2-1-3-5-27)39(23-26-8-15-29(36)16-9-26)32(40)21-12-24-10-19-31(20-11-24)44(42,43)38-30-17-18-30/h1-11,13-16,19-20,30,33,38H,12,17-18,21-23H2,(H,37,41). The highest BCUT2D eigenvalue weighted by Gasteiger charge is 2.31.